The number of nitrogens with zero attached hydrogens (tertiary/aromatic N) is 1. The van der Waals surface area contributed by atoms with Crippen LogP contribution in [0.3, 0.4) is 0 Å². The van der Waals surface area contributed by atoms with Gasteiger partial charge in [-0.05, 0) is 23.8 Å². The number of fused-ring (bicyclic) bond motifs is 1. The van der Waals surface area contributed by atoms with Gasteiger partial charge in [-0.1, -0.05) is 6.07 Å². The molecule has 1 N–H and O–H groups in total. The molecule has 0 atom stereocenters. The molecule has 1 aromatic heterocycles. The third-order valence-corrected chi connectivity index (χ3v) is 2.68. The normalized spacial score (nSPS) is 12.2. The molecule has 0 aliphatic rings. The Morgan fingerprint density at radius 3 is 2.70 bits per heavy atom. The number of aliphatic carboxylic acids is 1. The predicted molar refractivity (Wildman–Crippen MR) is 65.2 cm³/mol. The van der Waals surface area contributed by atoms with Gasteiger partial charge < -0.3 is 9.52 Å². The minimum absolute atomic E-state index is 0.0903. The minimum Gasteiger partial charge on any atom is -0.480 e. The molecule has 1 aromatic carbocycles. The van der Waals surface area contributed by atoms with E-state index in [9.17, 15) is 18.0 Å². The fourth-order valence-electron chi connectivity index (χ4n) is 1.99. The number of furan rings is 1. The molecule has 108 valence electrons. The van der Waals surface area contributed by atoms with Crippen LogP contribution in [0.25, 0.3) is 11.0 Å². The number of rotatable bonds is 5. The van der Waals surface area contributed by atoms with Gasteiger partial charge in [0.1, 0.15) is 5.58 Å². The van der Waals surface area contributed by atoms with Gasteiger partial charge in [0.05, 0.1) is 19.4 Å². The van der Waals surface area contributed by atoms with Crippen LogP contribution in [0, 0.1) is 0 Å². The Labute approximate surface area is 112 Å². The van der Waals surface area contributed by atoms with Crippen LogP contribution in [0.1, 0.15) is 5.56 Å². The molecule has 4 nitrogen and oxygen atoms in total. The summed E-state index contributed by atoms with van der Waals surface area (Å²) in [5.41, 5.74) is 1.23. The van der Waals surface area contributed by atoms with E-state index in [1.54, 1.807) is 24.3 Å². The first-order valence-electron chi connectivity index (χ1n) is 5.80. The Balaban J connectivity index is 2.14. The smallest absolute Gasteiger partial charge is 0.401 e. The van der Waals surface area contributed by atoms with Gasteiger partial charge in [0.15, 0.2) is 0 Å². The number of carboxylic acid groups (broad SMARTS) is 1. The Morgan fingerprint density at radius 1 is 1.30 bits per heavy atom. The Hall–Kier alpha value is -2.02. The van der Waals surface area contributed by atoms with Gasteiger partial charge in [0.2, 0.25) is 0 Å². The monoisotopic (exact) mass is 287 g/mol. The van der Waals surface area contributed by atoms with Crippen molar-refractivity contribution in [3.63, 3.8) is 0 Å². The second kappa shape index (κ2) is 5.54. The maximum Gasteiger partial charge on any atom is 0.401 e. The van der Waals surface area contributed by atoms with E-state index in [0.717, 1.165) is 10.3 Å². The summed E-state index contributed by atoms with van der Waals surface area (Å²) in [6.07, 6.45) is -2.95. The van der Waals surface area contributed by atoms with Crippen molar-refractivity contribution in [1.82, 2.24) is 4.90 Å². The predicted octanol–water partition coefficient (Wildman–Crippen LogP) is 2.88. The maximum atomic E-state index is 12.4. The molecule has 1 heterocycles. The van der Waals surface area contributed by atoms with Gasteiger partial charge in [-0.3, -0.25) is 9.69 Å². The van der Waals surface area contributed by atoms with Crippen LogP contribution < -0.4 is 0 Å². The lowest BCUT2D eigenvalue weighted by Gasteiger charge is -2.21. The first-order chi connectivity index (χ1) is 9.33. The number of carboxylic acids is 1. The van der Waals surface area contributed by atoms with E-state index >= 15 is 0 Å². The number of alkyl halides is 3. The second-order valence-corrected chi connectivity index (χ2v) is 4.45. The van der Waals surface area contributed by atoms with E-state index < -0.39 is 25.2 Å². The van der Waals surface area contributed by atoms with Gasteiger partial charge in [0, 0.05) is 11.9 Å². The number of hydrogen-bond donors (Lipinski definition) is 1. The van der Waals surface area contributed by atoms with E-state index in [2.05, 4.69) is 0 Å². The van der Waals surface area contributed by atoms with Crippen LogP contribution in [-0.2, 0) is 11.3 Å². The highest BCUT2D eigenvalue weighted by Gasteiger charge is 2.31. The number of carbonyl (C=O) groups is 1. The molecule has 0 amide bonds. The molecule has 7 heteroatoms. The molecule has 2 aromatic rings. The van der Waals surface area contributed by atoms with Crippen molar-refractivity contribution in [1.29, 1.82) is 0 Å². The topological polar surface area (TPSA) is 53.7 Å². The summed E-state index contributed by atoms with van der Waals surface area (Å²) in [5, 5.41) is 9.44. The molecule has 0 fully saturated rings. The average Bonchev–Trinajstić information content (AvgIpc) is 2.72. The van der Waals surface area contributed by atoms with Crippen molar-refractivity contribution in [2.24, 2.45) is 0 Å². The van der Waals surface area contributed by atoms with Crippen molar-refractivity contribution in [3.8, 4) is 0 Å². The van der Waals surface area contributed by atoms with E-state index in [0.29, 0.717) is 11.1 Å². The highest BCUT2D eigenvalue weighted by molar-refractivity contribution is 5.77. The van der Waals surface area contributed by atoms with Crippen LogP contribution in [0.2, 0.25) is 0 Å². The highest BCUT2D eigenvalue weighted by atomic mass is 19.4. The van der Waals surface area contributed by atoms with Gasteiger partial charge in [-0.2, -0.15) is 13.2 Å². The number of benzene rings is 1. The van der Waals surface area contributed by atoms with Crippen LogP contribution in [0.15, 0.2) is 34.9 Å². The largest absolute Gasteiger partial charge is 0.480 e. The molecule has 0 aliphatic carbocycles. The fourth-order valence-corrected chi connectivity index (χ4v) is 1.99. The summed E-state index contributed by atoms with van der Waals surface area (Å²) in [6, 6.07) is 6.66. The van der Waals surface area contributed by atoms with Crippen LogP contribution >= 0.6 is 0 Å². The fraction of sp³-hybridized carbons (Fsp3) is 0.308. The van der Waals surface area contributed by atoms with Crippen molar-refractivity contribution in [2.45, 2.75) is 12.7 Å². The quantitative estimate of drug-likeness (QED) is 0.918. The van der Waals surface area contributed by atoms with E-state index in [-0.39, 0.29) is 6.54 Å². The van der Waals surface area contributed by atoms with Crippen molar-refractivity contribution in [2.75, 3.05) is 13.1 Å². The lowest BCUT2D eigenvalue weighted by atomic mass is 10.1. The standard InChI is InChI=1S/C13H12F3NO3/c14-13(15,16)8-17(7-12(18)19)6-9-1-2-11-10(5-9)3-4-20-11/h1-5H,6-8H2,(H,18,19). The third-order valence-electron chi connectivity index (χ3n) is 2.68. The SMILES string of the molecule is O=C(O)CN(Cc1ccc2occc2c1)CC(F)(F)F. The van der Waals surface area contributed by atoms with E-state index in [1.165, 1.54) is 6.26 Å². The highest BCUT2D eigenvalue weighted by Crippen LogP contribution is 2.21. The summed E-state index contributed by atoms with van der Waals surface area (Å²) in [6.45, 7) is -2.02. The van der Waals surface area contributed by atoms with Gasteiger partial charge in [0.25, 0.3) is 0 Å². The van der Waals surface area contributed by atoms with Crippen molar-refractivity contribution in [3.05, 3.63) is 36.1 Å². The lowest BCUT2D eigenvalue weighted by Crippen LogP contribution is -2.37. The Kier molecular flexibility index (Phi) is 3.99. The third kappa shape index (κ3) is 3.99. The van der Waals surface area contributed by atoms with Crippen LogP contribution in [0.5, 0.6) is 0 Å². The molecular weight excluding hydrogens is 275 g/mol. The molecule has 0 saturated heterocycles. The summed E-state index contributed by atoms with van der Waals surface area (Å²) in [7, 11) is 0. The van der Waals surface area contributed by atoms with E-state index in [1.807, 2.05) is 0 Å². The van der Waals surface area contributed by atoms with Crippen LogP contribution in [0.4, 0.5) is 13.2 Å². The minimum atomic E-state index is -4.44. The van der Waals surface area contributed by atoms with Gasteiger partial charge in [-0.15, -0.1) is 0 Å². The summed E-state index contributed by atoms with van der Waals surface area (Å²) >= 11 is 0. The summed E-state index contributed by atoms with van der Waals surface area (Å²) in [4.78, 5) is 11.5. The molecule has 0 aliphatic heterocycles. The van der Waals surface area contributed by atoms with Crippen molar-refractivity contribution < 1.29 is 27.5 Å². The van der Waals surface area contributed by atoms with Crippen LogP contribution in [-0.4, -0.2) is 35.2 Å². The average molecular weight is 287 g/mol. The summed E-state index contributed by atoms with van der Waals surface area (Å²) in [5.74, 6) is -1.29. The van der Waals surface area contributed by atoms with Gasteiger partial charge in [-0.25, -0.2) is 0 Å². The van der Waals surface area contributed by atoms with Gasteiger partial charge >= 0.3 is 12.1 Å². The molecule has 20 heavy (non-hydrogen) atoms. The molecule has 0 saturated carbocycles. The number of hydrogen-bond acceptors (Lipinski definition) is 3. The molecule has 0 spiro atoms. The van der Waals surface area contributed by atoms with E-state index in [4.69, 9.17) is 9.52 Å². The zero-order chi connectivity index (χ0) is 14.8. The zero-order valence-electron chi connectivity index (χ0n) is 10.4. The first kappa shape index (κ1) is 14.4. The molecule has 2 rings (SSSR count). The molecule has 0 bridgehead atoms. The van der Waals surface area contributed by atoms with Crippen molar-refractivity contribution >= 4 is 16.9 Å². The lowest BCUT2D eigenvalue weighted by molar-refractivity contribution is -0.154. The Morgan fingerprint density at radius 2 is 2.05 bits per heavy atom. The molecular formula is C13H12F3NO3. The first-order valence-corrected chi connectivity index (χ1v) is 5.80. The molecule has 0 unspecified atom stereocenters. The number of halogens is 3. The summed E-state index contributed by atoms with van der Waals surface area (Å²) < 4.78 is 42.4. The maximum absolute atomic E-state index is 12.4. The Bertz CT molecular complexity index is 606. The molecule has 0 radical (unpaired) electrons. The zero-order valence-corrected chi connectivity index (χ0v) is 10.4. The second-order valence-electron chi connectivity index (χ2n) is 4.45.